The summed E-state index contributed by atoms with van der Waals surface area (Å²) in [6.45, 7) is 7.81. The van der Waals surface area contributed by atoms with Gasteiger partial charge in [0.1, 0.15) is 18.9 Å². The SMILES string of the molecule is CC(C)(CNC(=O)c1ccn(C2CCCNC2)n1)c1ccc2c(c1)OCCO2. The van der Waals surface area contributed by atoms with E-state index in [0.717, 1.165) is 43.0 Å². The summed E-state index contributed by atoms with van der Waals surface area (Å²) in [5, 5.41) is 10.9. The summed E-state index contributed by atoms with van der Waals surface area (Å²) in [4.78, 5) is 12.6. The Morgan fingerprint density at radius 3 is 2.89 bits per heavy atom. The third-order valence-corrected chi connectivity index (χ3v) is 5.50. The predicted octanol–water partition coefficient (Wildman–Crippen LogP) is 2.29. The van der Waals surface area contributed by atoms with Gasteiger partial charge in [0.2, 0.25) is 0 Å². The summed E-state index contributed by atoms with van der Waals surface area (Å²) in [7, 11) is 0. The minimum absolute atomic E-state index is 0.145. The van der Waals surface area contributed by atoms with Gasteiger partial charge in [-0.05, 0) is 43.1 Å². The Kier molecular flexibility index (Phi) is 5.26. The number of aromatic nitrogens is 2. The first-order valence-corrected chi connectivity index (χ1v) is 9.97. The van der Waals surface area contributed by atoms with E-state index in [1.165, 1.54) is 0 Å². The second kappa shape index (κ2) is 7.83. The standard InChI is InChI=1S/C21H28N4O3/c1-21(2,15-5-6-18-19(12-15)28-11-10-27-18)14-23-20(26)17-7-9-25(24-17)16-4-3-8-22-13-16/h5-7,9,12,16,22H,3-4,8,10-11,13-14H2,1-2H3,(H,23,26). The van der Waals surface area contributed by atoms with Gasteiger partial charge in [-0.25, -0.2) is 0 Å². The molecule has 2 aliphatic heterocycles. The lowest BCUT2D eigenvalue weighted by Gasteiger charge is -2.27. The van der Waals surface area contributed by atoms with Crippen molar-refractivity contribution in [1.29, 1.82) is 0 Å². The molecule has 0 bridgehead atoms. The average molecular weight is 384 g/mol. The number of carbonyl (C=O) groups excluding carboxylic acids is 1. The summed E-state index contributed by atoms with van der Waals surface area (Å²) in [6, 6.07) is 8.09. The first-order chi connectivity index (χ1) is 13.5. The number of ether oxygens (including phenoxy) is 2. The van der Waals surface area contributed by atoms with Crippen molar-refractivity contribution >= 4 is 5.91 Å². The maximum Gasteiger partial charge on any atom is 0.271 e. The molecule has 4 rings (SSSR count). The monoisotopic (exact) mass is 384 g/mol. The minimum Gasteiger partial charge on any atom is -0.486 e. The number of carbonyl (C=O) groups is 1. The van der Waals surface area contributed by atoms with E-state index in [0.29, 0.717) is 31.5 Å². The number of hydrogen-bond donors (Lipinski definition) is 2. The molecular weight excluding hydrogens is 356 g/mol. The Labute approximate surface area is 165 Å². The molecule has 1 fully saturated rings. The molecule has 3 heterocycles. The molecule has 0 aliphatic carbocycles. The Morgan fingerprint density at radius 1 is 1.29 bits per heavy atom. The molecule has 1 amide bonds. The van der Waals surface area contributed by atoms with Crippen molar-refractivity contribution in [3.63, 3.8) is 0 Å². The van der Waals surface area contributed by atoms with Gasteiger partial charge >= 0.3 is 0 Å². The lowest BCUT2D eigenvalue weighted by Crippen LogP contribution is -2.37. The summed E-state index contributed by atoms with van der Waals surface area (Å²) < 4.78 is 13.2. The van der Waals surface area contributed by atoms with Crippen molar-refractivity contribution in [2.45, 2.75) is 38.1 Å². The lowest BCUT2D eigenvalue weighted by atomic mass is 9.84. The maximum absolute atomic E-state index is 12.6. The number of piperidine rings is 1. The summed E-state index contributed by atoms with van der Waals surface area (Å²) in [6.07, 6.45) is 4.13. The van der Waals surface area contributed by atoms with Gasteiger partial charge in [-0.2, -0.15) is 5.10 Å². The highest BCUT2D eigenvalue weighted by molar-refractivity contribution is 5.92. The van der Waals surface area contributed by atoms with Crippen LogP contribution in [0.4, 0.5) is 0 Å². The number of benzene rings is 1. The Hall–Kier alpha value is -2.54. The van der Waals surface area contributed by atoms with Crippen LogP contribution in [0.1, 0.15) is 48.8 Å². The van der Waals surface area contributed by atoms with Crippen LogP contribution in [-0.2, 0) is 5.41 Å². The molecule has 2 N–H and O–H groups in total. The van der Waals surface area contributed by atoms with Gasteiger partial charge in [-0.3, -0.25) is 9.48 Å². The average Bonchev–Trinajstić information content (AvgIpc) is 3.23. The van der Waals surface area contributed by atoms with Crippen molar-refractivity contribution in [2.75, 3.05) is 32.8 Å². The summed E-state index contributed by atoms with van der Waals surface area (Å²) in [5.74, 6) is 1.40. The smallest absolute Gasteiger partial charge is 0.271 e. The number of nitrogens with zero attached hydrogens (tertiary/aromatic N) is 2. The highest BCUT2D eigenvalue weighted by Crippen LogP contribution is 2.34. The summed E-state index contributed by atoms with van der Waals surface area (Å²) >= 11 is 0. The van der Waals surface area contributed by atoms with Crippen LogP contribution < -0.4 is 20.1 Å². The largest absolute Gasteiger partial charge is 0.486 e. The Balaban J connectivity index is 1.39. The van der Waals surface area contributed by atoms with Gasteiger partial charge in [0, 0.05) is 24.7 Å². The molecule has 1 aromatic heterocycles. The fraction of sp³-hybridized carbons (Fsp3) is 0.524. The molecule has 0 saturated carbocycles. The molecule has 2 aromatic rings. The third kappa shape index (κ3) is 3.99. The second-order valence-corrected chi connectivity index (χ2v) is 8.11. The summed E-state index contributed by atoms with van der Waals surface area (Å²) in [5.41, 5.74) is 1.31. The molecule has 7 nitrogen and oxygen atoms in total. The Bertz CT molecular complexity index is 840. The first-order valence-electron chi connectivity index (χ1n) is 9.97. The van der Waals surface area contributed by atoms with E-state index in [9.17, 15) is 4.79 Å². The molecule has 28 heavy (non-hydrogen) atoms. The van der Waals surface area contributed by atoms with Gasteiger partial charge in [0.25, 0.3) is 5.91 Å². The van der Waals surface area contributed by atoms with E-state index >= 15 is 0 Å². The van der Waals surface area contributed by atoms with Gasteiger partial charge in [0.15, 0.2) is 11.5 Å². The van der Waals surface area contributed by atoms with Crippen molar-refractivity contribution < 1.29 is 14.3 Å². The fourth-order valence-corrected chi connectivity index (χ4v) is 3.68. The van der Waals surface area contributed by atoms with E-state index in [1.54, 1.807) is 6.07 Å². The van der Waals surface area contributed by atoms with E-state index in [-0.39, 0.29) is 11.3 Å². The molecule has 1 atom stereocenters. The normalized spacial score (nSPS) is 19.3. The van der Waals surface area contributed by atoms with E-state index in [4.69, 9.17) is 9.47 Å². The number of hydrogen-bond acceptors (Lipinski definition) is 5. The molecule has 1 saturated heterocycles. The van der Waals surface area contributed by atoms with Gasteiger partial charge in [-0.15, -0.1) is 0 Å². The van der Waals surface area contributed by atoms with Crippen LogP contribution in [0.5, 0.6) is 11.5 Å². The van der Waals surface area contributed by atoms with Crippen LogP contribution in [-0.4, -0.2) is 48.5 Å². The molecule has 0 spiro atoms. The zero-order chi connectivity index (χ0) is 19.6. The molecule has 2 aliphatic rings. The maximum atomic E-state index is 12.6. The molecule has 1 unspecified atom stereocenters. The quantitative estimate of drug-likeness (QED) is 0.827. The highest BCUT2D eigenvalue weighted by Gasteiger charge is 2.25. The van der Waals surface area contributed by atoms with E-state index in [2.05, 4.69) is 29.6 Å². The molecule has 7 heteroatoms. The zero-order valence-corrected chi connectivity index (χ0v) is 16.5. The van der Waals surface area contributed by atoms with Gasteiger partial charge in [0.05, 0.1) is 6.04 Å². The van der Waals surface area contributed by atoms with Crippen LogP contribution >= 0.6 is 0 Å². The lowest BCUT2D eigenvalue weighted by molar-refractivity contribution is 0.0939. The van der Waals surface area contributed by atoms with Crippen LogP contribution in [0.25, 0.3) is 0 Å². The topological polar surface area (TPSA) is 77.4 Å². The zero-order valence-electron chi connectivity index (χ0n) is 16.5. The van der Waals surface area contributed by atoms with Crippen LogP contribution in [0.2, 0.25) is 0 Å². The predicted molar refractivity (Wildman–Crippen MR) is 106 cm³/mol. The van der Waals surface area contributed by atoms with Crippen LogP contribution in [0.15, 0.2) is 30.5 Å². The van der Waals surface area contributed by atoms with Crippen molar-refractivity contribution in [3.05, 3.63) is 41.7 Å². The van der Waals surface area contributed by atoms with E-state index in [1.807, 2.05) is 29.1 Å². The molecule has 1 aromatic carbocycles. The van der Waals surface area contributed by atoms with Gasteiger partial charge in [-0.1, -0.05) is 19.9 Å². The molecular formula is C21H28N4O3. The van der Waals surface area contributed by atoms with Crippen molar-refractivity contribution in [1.82, 2.24) is 20.4 Å². The first kappa shape index (κ1) is 18.8. The number of rotatable bonds is 5. The Morgan fingerprint density at radius 2 is 2.11 bits per heavy atom. The van der Waals surface area contributed by atoms with Gasteiger partial charge < -0.3 is 20.1 Å². The second-order valence-electron chi connectivity index (χ2n) is 8.11. The number of fused-ring (bicyclic) bond motifs is 1. The van der Waals surface area contributed by atoms with E-state index < -0.39 is 0 Å². The van der Waals surface area contributed by atoms with Crippen molar-refractivity contribution in [3.8, 4) is 11.5 Å². The van der Waals surface area contributed by atoms with Crippen LogP contribution in [0.3, 0.4) is 0 Å². The fourth-order valence-electron chi connectivity index (χ4n) is 3.68. The molecule has 150 valence electrons. The highest BCUT2D eigenvalue weighted by atomic mass is 16.6. The van der Waals surface area contributed by atoms with Crippen LogP contribution in [0, 0.1) is 0 Å². The number of nitrogens with one attached hydrogen (secondary N) is 2. The molecule has 0 radical (unpaired) electrons. The van der Waals surface area contributed by atoms with Crippen molar-refractivity contribution in [2.24, 2.45) is 0 Å². The minimum atomic E-state index is -0.249. The third-order valence-electron chi connectivity index (χ3n) is 5.50. The number of amides is 1.